The summed E-state index contributed by atoms with van der Waals surface area (Å²) in [5.74, 6) is 0.272. The molecular formula is C22H30N2O. The molecule has 1 unspecified atom stereocenters. The second-order valence-electron chi connectivity index (χ2n) is 8.07. The van der Waals surface area contributed by atoms with E-state index in [9.17, 15) is 4.79 Å². The van der Waals surface area contributed by atoms with Gasteiger partial charge >= 0.3 is 0 Å². The fourth-order valence-corrected chi connectivity index (χ4v) is 3.94. The summed E-state index contributed by atoms with van der Waals surface area (Å²) in [7, 11) is 0. The fraction of sp³-hybridized carbons (Fsp3) is 0.500. The van der Waals surface area contributed by atoms with Crippen LogP contribution in [0.15, 0.2) is 42.5 Å². The fourth-order valence-electron chi connectivity index (χ4n) is 3.94. The highest BCUT2D eigenvalue weighted by Gasteiger charge is 2.31. The number of piperidine rings is 1. The van der Waals surface area contributed by atoms with Gasteiger partial charge in [-0.3, -0.25) is 4.79 Å². The first-order valence-corrected chi connectivity index (χ1v) is 9.43. The Morgan fingerprint density at radius 3 is 2.64 bits per heavy atom. The lowest BCUT2D eigenvalue weighted by atomic mass is 9.88. The van der Waals surface area contributed by atoms with Crippen molar-refractivity contribution in [1.82, 2.24) is 10.2 Å². The minimum atomic E-state index is -0.391. The van der Waals surface area contributed by atoms with E-state index in [2.05, 4.69) is 80.4 Å². The van der Waals surface area contributed by atoms with Crippen LogP contribution in [0.4, 0.5) is 0 Å². The third-order valence-electron chi connectivity index (χ3n) is 5.45. The first-order valence-electron chi connectivity index (χ1n) is 9.43. The second kappa shape index (κ2) is 7.17. The van der Waals surface area contributed by atoms with Crippen molar-refractivity contribution in [2.45, 2.75) is 52.1 Å². The summed E-state index contributed by atoms with van der Waals surface area (Å²) >= 11 is 0. The Morgan fingerprint density at radius 2 is 1.88 bits per heavy atom. The number of carbonyl (C=O) groups excluding carboxylic acids is 1. The van der Waals surface area contributed by atoms with Gasteiger partial charge in [0.2, 0.25) is 5.91 Å². The van der Waals surface area contributed by atoms with Crippen molar-refractivity contribution < 1.29 is 4.79 Å². The Kier molecular flexibility index (Phi) is 5.14. The number of likely N-dealkylation sites (tertiary alicyclic amines) is 1. The largest absolute Gasteiger partial charge is 0.347 e. The predicted octanol–water partition coefficient (Wildman–Crippen LogP) is 4.31. The number of carbonyl (C=O) groups is 1. The van der Waals surface area contributed by atoms with E-state index in [1.807, 2.05) is 0 Å². The van der Waals surface area contributed by atoms with E-state index in [1.165, 1.54) is 16.3 Å². The van der Waals surface area contributed by atoms with Crippen molar-refractivity contribution in [3.63, 3.8) is 0 Å². The zero-order valence-electron chi connectivity index (χ0n) is 15.9. The molecule has 1 heterocycles. The van der Waals surface area contributed by atoms with Gasteiger partial charge in [0.25, 0.3) is 0 Å². The Labute approximate surface area is 151 Å². The standard InChI is InChI=1S/C22H30N2O/c1-16(2)24-14-8-11-18(15-24)21(25)23-22(3,4)20-13-7-10-17-9-5-6-12-19(17)20/h5-7,9-10,12-13,16,18H,8,11,14-15H2,1-4H3,(H,23,25). The molecule has 0 aromatic heterocycles. The summed E-state index contributed by atoms with van der Waals surface area (Å²) in [5, 5.41) is 5.75. The molecule has 1 atom stereocenters. The van der Waals surface area contributed by atoms with Gasteiger partial charge in [-0.15, -0.1) is 0 Å². The molecule has 25 heavy (non-hydrogen) atoms. The van der Waals surface area contributed by atoms with Gasteiger partial charge in [0.05, 0.1) is 11.5 Å². The van der Waals surface area contributed by atoms with Gasteiger partial charge in [-0.1, -0.05) is 42.5 Å². The van der Waals surface area contributed by atoms with Gasteiger partial charge in [-0.25, -0.2) is 0 Å². The molecule has 2 aromatic rings. The monoisotopic (exact) mass is 338 g/mol. The lowest BCUT2D eigenvalue weighted by molar-refractivity contribution is -0.128. The Bertz CT molecular complexity index is 745. The van der Waals surface area contributed by atoms with Crippen LogP contribution in [-0.2, 0) is 10.3 Å². The van der Waals surface area contributed by atoms with E-state index in [4.69, 9.17) is 0 Å². The molecular weight excluding hydrogens is 308 g/mol. The van der Waals surface area contributed by atoms with E-state index in [-0.39, 0.29) is 11.8 Å². The average Bonchev–Trinajstić information content (AvgIpc) is 2.61. The molecule has 0 spiro atoms. The van der Waals surface area contributed by atoms with Crippen LogP contribution in [0, 0.1) is 5.92 Å². The number of amides is 1. The highest BCUT2D eigenvalue weighted by molar-refractivity contribution is 5.87. The molecule has 1 fully saturated rings. The van der Waals surface area contributed by atoms with E-state index in [1.54, 1.807) is 0 Å². The zero-order chi connectivity index (χ0) is 18.0. The van der Waals surface area contributed by atoms with Gasteiger partial charge in [0.15, 0.2) is 0 Å². The molecule has 0 bridgehead atoms. The quantitative estimate of drug-likeness (QED) is 0.901. The Balaban J connectivity index is 1.79. The third-order valence-corrected chi connectivity index (χ3v) is 5.45. The highest BCUT2D eigenvalue weighted by atomic mass is 16.2. The number of fused-ring (bicyclic) bond motifs is 1. The van der Waals surface area contributed by atoms with Gasteiger partial charge in [-0.2, -0.15) is 0 Å². The maximum absolute atomic E-state index is 13.0. The van der Waals surface area contributed by atoms with Gasteiger partial charge in [-0.05, 0) is 63.4 Å². The normalized spacial score (nSPS) is 19.3. The molecule has 2 aromatic carbocycles. The SMILES string of the molecule is CC(C)N1CCCC(C(=O)NC(C)(C)c2cccc3ccccc23)C1. The van der Waals surface area contributed by atoms with Crippen LogP contribution in [0.1, 0.15) is 46.1 Å². The number of benzene rings is 2. The summed E-state index contributed by atoms with van der Waals surface area (Å²) in [6, 6.07) is 15.2. The number of nitrogens with zero attached hydrogens (tertiary/aromatic N) is 1. The van der Waals surface area contributed by atoms with Gasteiger partial charge in [0, 0.05) is 12.6 Å². The van der Waals surface area contributed by atoms with E-state index in [0.29, 0.717) is 6.04 Å². The van der Waals surface area contributed by atoms with Gasteiger partial charge in [0.1, 0.15) is 0 Å². The molecule has 0 radical (unpaired) electrons. The molecule has 0 aliphatic carbocycles. The summed E-state index contributed by atoms with van der Waals surface area (Å²) in [5.41, 5.74) is 0.786. The van der Waals surface area contributed by atoms with E-state index in [0.717, 1.165) is 25.9 Å². The smallest absolute Gasteiger partial charge is 0.225 e. The van der Waals surface area contributed by atoms with Crippen LogP contribution in [0.25, 0.3) is 10.8 Å². The summed E-state index contributed by atoms with van der Waals surface area (Å²) in [6.45, 7) is 10.6. The maximum atomic E-state index is 13.0. The van der Waals surface area contributed by atoms with Crippen LogP contribution in [0.5, 0.6) is 0 Å². The molecule has 1 N–H and O–H groups in total. The number of hydrogen-bond acceptors (Lipinski definition) is 2. The van der Waals surface area contributed by atoms with Crippen molar-refractivity contribution in [3.8, 4) is 0 Å². The van der Waals surface area contributed by atoms with Crippen LogP contribution in [0.2, 0.25) is 0 Å². The molecule has 3 rings (SSSR count). The van der Waals surface area contributed by atoms with Gasteiger partial charge < -0.3 is 10.2 Å². The summed E-state index contributed by atoms with van der Waals surface area (Å²) < 4.78 is 0. The molecule has 1 amide bonds. The minimum Gasteiger partial charge on any atom is -0.347 e. The topological polar surface area (TPSA) is 32.3 Å². The zero-order valence-corrected chi connectivity index (χ0v) is 15.9. The molecule has 1 aliphatic rings. The van der Waals surface area contributed by atoms with E-state index >= 15 is 0 Å². The van der Waals surface area contributed by atoms with Crippen molar-refractivity contribution in [3.05, 3.63) is 48.0 Å². The Hall–Kier alpha value is -1.87. The van der Waals surface area contributed by atoms with Crippen LogP contribution in [0.3, 0.4) is 0 Å². The lowest BCUT2D eigenvalue weighted by Gasteiger charge is -2.37. The highest BCUT2D eigenvalue weighted by Crippen LogP contribution is 2.29. The second-order valence-corrected chi connectivity index (χ2v) is 8.07. The van der Waals surface area contributed by atoms with Crippen LogP contribution >= 0.6 is 0 Å². The molecule has 1 saturated heterocycles. The molecule has 3 heteroatoms. The first kappa shape index (κ1) is 17.9. The molecule has 134 valence electrons. The number of rotatable bonds is 4. The van der Waals surface area contributed by atoms with Crippen LogP contribution in [-0.4, -0.2) is 29.9 Å². The van der Waals surface area contributed by atoms with Crippen molar-refractivity contribution in [1.29, 1.82) is 0 Å². The molecule has 1 aliphatic heterocycles. The van der Waals surface area contributed by atoms with Crippen LogP contribution < -0.4 is 5.32 Å². The summed E-state index contributed by atoms with van der Waals surface area (Å²) in [4.78, 5) is 15.4. The first-order chi connectivity index (χ1) is 11.9. The summed E-state index contributed by atoms with van der Waals surface area (Å²) in [6.07, 6.45) is 2.09. The number of nitrogens with one attached hydrogen (secondary N) is 1. The van der Waals surface area contributed by atoms with E-state index < -0.39 is 5.54 Å². The predicted molar refractivity (Wildman–Crippen MR) is 105 cm³/mol. The van der Waals surface area contributed by atoms with Crippen molar-refractivity contribution in [2.24, 2.45) is 5.92 Å². The molecule has 0 saturated carbocycles. The number of hydrogen-bond donors (Lipinski definition) is 1. The maximum Gasteiger partial charge on any atom is 0.225 e. The molecule has 3 nitrogen and oxygen atoms in total. The van der Waals surface area contributed by atoms with Crippen molar-refractivity contribution in [2.75, 3.05) is 13.1 Å². The average molecular weight is 338 g/mol. The lowest BCUT2D eigenvalue weighted by Crippen LogP contribution is -2.49. The minimum absolute atomic E-state index is 0.0883. The third kappa shape index (κ3) is 3.87. The Morgan fingerprint density at radius 1 is 1.16 bits per heavy atom. The van der Waals surface area contributed by atoms with Crippen molar-refractivity contribution >= 4 is 16.7 Å².